The van der Waals surface area contributed by atoms with Gasteiger partial charge in [-0.2, -0.15) is 0 Å². The van der Waals surface area contributed by atoms with Gasteiger partial charge in [-0.3, -0.25) is 32.5 Å². The second-order valence-electron chi connectivity index (χ2n) is 20.5. The predicted octanol–water partition coefficient (Wildman–Crippen LogP) is 16.2. The largest absolute Gasteiger partial charge is 0.472 e. The summed E-state index contributed by atoms with van der Waals surface area (Å²) in [5.41, 5.74) is 0. The summed E-state index contributed by atoms with van der Waals surface area (Å²) in [6.07, 6.45) is 58.0. The Bertz CT molecular complexity index is 1830. The number of aliphatic hydroxyl groups is 2. The molecular weight excluding hydrogens is 1070 g/mol. The van der Waals surface area contributed by atoms with Crippen molar-refractivity contribution in [3.8, 4) is 0 Å². The molecule has 0 bridgehead atoms. The molecule has 5 atom stereocenters. The Morgan fingerprint density at radius 1 is 0.346 bits per heavy atom. The van der Waals surface area contributed by atoms with E-state index in [1.807, 2.05) is 0 Å². The third kappa shape index (κ3) is 58.3. The second kappa shape index (κ2) is 57.2. The summed E-state index contributed by atoms with van der Waals surface area (Å²) in [5.74, 6) is -1.62. The highest BCUT2D eigenvalue weighted by atomic mass is 31.2. The first-order chi connectivity index (χ1) is 39.2. The summed E-state index contributed by atoms with van der Waals surface area (Å²) in [6.45, 7) is 2.45. The standard InChI is InChI=1S/C63H110O16P2/c1-4-7-10-13-16-19-22-24-25-26-27-28-29-30-31-33-36-37-40-43-46-49-61(66)73-52-58(64)53-75-80(69,70)76-54-59(65)55-77-81(71,72)78-57-60(79-63(68)51-48-45-42-39-34-21-18-15-12-9-6-3)56-74-62(67)50-47-44-41-38-35-32-23-20-17-14-11-8-5-2/h11,14-16,18-20,23-25,27-28,30-31,58-60,64-65H,4-10,12-13,17,21-22,26,29,32-57H2,1-3H3,(H,69,70)(H,71,72)/b14-11-,18-15-,19-16-,23-20-,25-24-,28-27-,31-30-. The summed E-state index contributed by atoms with van der Waals surface area (Å²) in [7, 11) is -9.77. The van der Waals surface area contributed by atoms with Crippen molar-refractivity contribution in [2.45, 2.75) is 257 Å². The van der Waals surface area contributed by atoms with Crippen LogP contribution in [0.25, 0.3) is 0 Å². The summed E-state index contributed by atoms with van der Waals surface area (Å²) in [4.78, 5) is 58.0. The Labute approximate surface area is 489 Å². The number of esters is 3. The van der Waals surface area contributed by atoms with Crippen LogP contribution < -0.4 is 0 Å². The van der Waals surface area contributed by atoms with Crippen LogP contribution in [0, 0.1) is 0 Å². The van der Waals surface area contributed by atoms with Crippen molar-refractivity contribution >= 4 is 33.6 Å². The molecule has 0 aromatic heterocycles. The van der Waals surface area contributed by atoms with E-state index >= 15 is 0 Å². The van der Waals surface area contributed by atoms with E-state index in [4.69, 9.17) is 32.3 Å². The lowest BCUT2D eigenvalue weighted by Crippen LogP contribution is -2.30. The van der Waals surface area contributed by atoms with E-state index in [1.54, 1.807) is 0 Å². The number of hydrogen-bond donors (Lipinski definition) is 4. The summed E-state index contributed by atoms with van der Waals surface area (Å²) in [5, 5.41) is 20.5. The maximum atomic E-state index is 12.8. The maximum absolute atomic E-state index is 12.8. The smallest absolute Gasteiger partial charge is 0.463 e. The first-order valence-electron chi connectivity index (χ1n) is 30.9. The molecule has 0 aliphatic heterocycles. The van der Waals surface area contributed by atoms with E-state index in [9.17, 15) is 43.5 Å². The van der Waals surface area contributed by atoms with Crippen molar-refractivity contribution in [2.75, 3.05) is 39.6 Å². The van der Waals surface area contributed by atoms with Gasteiger partial charge in [0.2, 0.25) is 0 Å². The molecule has 0 aromatic rings. The molecule has 0 aliphatic carbocycles. The molecule has 468 valence electrons. The zero-order chi connectivity index (χ0) is 59.6. The number of aliphatic hydroxyl groups excluding tert-OH is 2. The lowest BCUT2D eigenvalue weighted by atomic mass is 10.1. The second-order valence-corrected chi connectivity index (χ2v) is 23.4. The minimum atomic E-state index is -4.92. The highest BCUT2D eigenvalue weighted by Crippen LogP contribution is 2.45. The van der Waals surface area contributed by atoms with Crippen LogP contribution in [0.1, 0.15) is 239 Å². The van der Waals surface area contributed by atoms with Crippen LogP contribution >= 0.6 is 15.6 Å². The molecule has 0 heterocycles. The van der Waals surface area contributed by atoms with E-state index in [0.29, 0.717) is 19.3 Å². The summed E-state index contributed by atoms with van der Waals surface area (Å²) < 4.78 is 60.5. The van der Waals surface area contributed by atoms with Crippen LogP contribution in [0.3, 0.4) is 0 Å². The van der Waals surface area contributed by atoms with Crippen LogP contribution in [-0.2, 0) is 55.8 Å². The first kappa shape index (κ1) is 77.7. The van der Waals surface area contributed by atoms with Crippen LogP contribution in [0.15, 0.2) is 85.1 Å². The number of allylic oxidation sites excluding steroid dienone is 14. The van der Waals surface area contributed by atoms with Gasteiger partial charge in [0, 0.05) is 19.3 Å². The fourth-order valence-corrected chi connectivity index (χ4v) is 9.33. The zero-order valence-electron chi connectivity index (χ0n) is 50.2. The molecule has 4 N–H and O–H groups in total. The predicted molar refractivity (Wildman–Crippen MR) is 325 cm³/mol. The van der Waals surface area contributed by atoms with Gasteiger partial charge >= 0.3 is 33.6 Å². The molecule has 0 fully saturated rings. The molecular formula is C63H110O16P2. The molecule has 0 saturated heterocycles. The van der Waals surface area contributed by atoms with Crippen LogP contribution in [0.4, 0.5) is 0 Å². The van der Waals surface area contributed by atoms with Gasteiger partial charge in [0.15, 0.2) is 6.10 Å². The summed E-state index contributed by atoms with van der Waals surface area (Å²) >= 11 is 0. The fourth-order valence-electron chi connectivity index (χ4n) is 7.75. The molecule has 0 spiro atoms. The Kier molecular flexibility index (Phi) is 54.9. The topological polar surface area (TPSA) is 231 Å². The number of rotatable bonds is 58. The Morgan fingerprint density at radius 3 is 1.07 bits per heavy atom. The van der Waals surface area contributed by atoms with Gasteiger partial charge in [-0.15, -0.1) is 0 Å². The molecule has 0 aromatic carbocycles. The first-order valence-corrected chi connectivity index (χ1v) is 33.9. The van der Waals surface area contributed by atoms with Gasteiger partial charge < -0.3 is 34.2 Å². The van der Waals surface area contributed by atoms with Gasteiger partial charge in [0.25, 0.3) is 0 Å². The molecule has 0 saturated carbocycles. The minimum absolute atomic E-state index is 0.0904. The highest BCUT2D eigenvalue weighted by Gasteiger charge is 2.29. The molecule has 5 unspecified atom stereocenters. The van der Waals surface area contributed by atoms with Crippen LogP contribution in [-0.4, -0.2) is 95.9 Å². The van der Waals surface area contributed by atoms with Crippen molar-refractivity contribution in [2.24, 2.45) is 0 Å². The highest BCUT2D eigenvalue weighted by molar-refractivity contribution is 7.47. The van der Waals surface area contributed by atoms with E-state index in [2.05, 4.69) is 106 Å². The summed E-state index contributed by atoms with van der Waals surface area (Å²) in [6, 6.07) is 0. The molecule has 0 radical (unpaired) electrons. The van der Waals surface area contributed by atoms with Gasteiger partial charge in [-0.05, 0) is 109 Å². The lowest BCUT2D eigenvalue weighted by Gasteiger charge is -2.21. The van der Waals surface area contributed by atoms with Crippen molar-refractivity contribution in [1.82, 2.24) is 0 Å². The van der Waals surface area contributed by atoms with E-state index < -0.39 is 91.5 Å². The number of phosphoric ester groups is 2. The van der Waals surface area contributed by atoms with Crippen molar-refractivity contribution in [3.05, 3.63) is 85.1 Å². The molecule has 16 nitrogen and oxygen atoms in total. The molecule has 18 heteroatoms. The van der Waals surface area contributed by atoms with Gasteiger partial charge in [0.05, 0.1) is 26.4 Å². The van der Waals surface area contributed by atoms with E-state index in [0.717, 1.165) is 141 Å². The number of carbonyl (C=O) groups excluding carboxylic acids is 3. The number of hydrogen-bond acceptors (Lipinski definition) is 14. The fraction of sp³-hybridized carbons (Fsp3) is 0.730. The average Bonchev–Trinajstić information content (AvgIpc) is 3.44. The SMILES string of the molecule is CCC/C=C\C/C=C\CCCCCCCC(=O)OCC(COP(=O)(O)OCC(O)COP(=O)(O)OCC(O)COC(=O)CCCCCCC/C=C\C/C=C\C/C=C\C/C=C\CCCCC)OC(=O)CCCCCCC/C=C\CCCC. The number of ether oxygens (including phenoxy) is 3. The normalized spacial score (nSPS) is 15.0. The van der Waals surface area contributed by atoms with E-state index in [1.165, 1.54) is 38.5 Å². The van der Waals surface area contributed by atoms with Crippen LogP contribution in [0.2, 0.25) is 0 Å². The number of phosphoric acid groups is 2. The third-order valence-electron chi connectivity index (χ3n) is 12.5. The number of unbranched alkanes of at least 4 members (excludes halogenated alkanes) is 21. The Hall–Kier alpha value is -3.27. The molecule has 81 heavy (non-hydrogen) atoms. The molecule has 0 aliphatic rings. The monoisotopic (exact) mass is 1180 g/mol. The zero-order valence-corrected chi connectivity index (χ0v) is 52.0. The quantitative estimate of drug-likeness (QED) is 0.0146. The van der Waals surface area contributed by atoms with E-state index in [-0.39, 0.29) is 19.3 Å². The third-order valence-corrected chi connectivity index (χ3v) is 14.4. The molecule has 0 amide bonds. The lowest BCUT2D eigenvalue weighted by molar-refractivity contribution is -0.161. The van der Waals surface area contributed by atoms with Crippen molar-refractivity contribution in [3.63, 3.8) is 0 Å². The maximum Gasteiger partial charge on any atom is 0.472 e. The van der Waals surface area contributed by atoms with Gasteiger partial charge in [-0.1, -0.05) is 196 Å². The minimum Gasteiger partial charge on any atom is -0.463 e. The Morgan fingerprint density at radius 2 is 0.654 bits per heavy atom. The van der Waals surface area contributed by atoms with Crippen molar-refractivity contribution < 1.29 is 75.8 Å². The number of carbonyl (C=O) groups is 3. The van der Waals surface area contributed by atoms with Gasteiger partial charge in [-0.25, -0.2) is 9.13 Å². The van der Waals surface area contributed by atoms with Crippen LogP contribution in [0.5, 0.6) is 0 Å². The average molecular weight is 1190 g/mol. The molecule has 0 rings (SSSR count). The Balaban J connectivity index is 4.59. The van der Waals surface area contributed by atoms with Crippen molar-refractivity contribution in [1.29, 1.82) is 0 Å². The van der Waals surface area contributed by atoms with Gasteiger partial charge in [0.1, 0.15) is 25.4 Å².